The van der Waals surface area contributed by atoms with Crippen molar-refractivity contribution in [3.05, 3.63) is 45.4 Å². The molecule has 0 radical (unpaired) electrons. The SMILES string of the molecule is CN(CCOc1ccc(Cl)cc1)C(=O)c1csc(CCN)n1.Cl. The molecule has 0 atom stereocenters. The first-order chi connectivity index (χ1) is 10.6. The van der Waals surface area contributed by atoms with E-state index in [1.165, 1.54) is 11.3 Å². The Morgan fingerprint density at radius 2 is 2.09 bits per heavy atom. The molecule has 0 spiro atoms. The number of aromatic nitrogens is 1. The maximum absolute atomic E-state index is 12.2. The second-order valence-electron chi connectivity index (χ2n) is 4.69. The van der Waals surface area contributed by atoms with Crippen molar-refractivity contribution in [3.63, 3.8) is 0 Å². The second-order valence-corrected chi connectivity index (χ2v) is 6.07. The van der Waals surface area contributed by atoms with Crippen LogP contribution in [0.5, 0.6) is 5.75 Å². The van der Waals surface area contributed by atoms with Crippen molar-refractivity contribution < 1.29 is 9.53 Å². The topological polar surface area (TPSA) is 68.5 Å². The van der Waals surface area contributed by atoms with Crippen molar-refractivity contribution >= 4 is 41.3 Å². The quantitative estimate of drug-likeness (QED) is 0.807. The molecule has 0 aliphatic carbocycles. The van der Waals surface area contributed by atoms with Gasteiger partial charge in [0.25, 0.3) is 5.91 Å². The molecule has 23 heavy (non-hydrogen) atoms. The van der Waals surface area contributed by atoms with Gasteiger partial charge in [0.2, 0.25) is 0 Å². The van der Waals surface area contributed by atoms with E-state index in [1.54, 1.807) is 41.6 Å². The number of carbonyl (C=O) groups is 1. The van der Waals surface area contributed by atoms with Crippen molar-refractivity contribution in [1.29, 1.82) is 0 Å². The molecule has 0 saturated carbocycles. The molecule has 5 nitrogen and oxygen atoms in total. The predicted octanol–water partition coefficient (Wildman–Crippen LogP) is 2.87. The fourth-order valence-corrected chi connectivity index (χ4v) is 2.69. The van der Waals surface area contributed by atoms with E-state index < -0.39 is 0 Å². The molecule has 1 aromatic carbocycles. The Hall–Kier alpha value is -1.34. The van der Waals surface area contributed by atoms with E-state index in [1.807, 2.05) is 0 Å². The molecule has 2 N–H and O–H groups in total. The molecule has 2 aromatic rings. The minimum absolute atomic E-state index is 0. The third kappa shape index (κ3) is 5.99. The predicted molar refractivity (Wildman–Crippen MR) is 96.0 cm³/mol. The van der Waals surface area contributed by atoms with Gasteiger partial charge in [-0.1, -0.05) is 11.6 Å². The van der Waals surface area contributed by atoms with Gasteiger partial charge in [0, 0.05) is 23.9 Å². The fraction of sp³-hybridized carbons (Fsp3) is 0.333. The summed E-state index contributed by atoms with van der Waals surface area (Å²) in [5.41, 5.74) is 5.94. The number of benzene rings is 1. The largest absolute Gasteiger partial charge is 0.492 e. The summed E-state index contributed by atoms with van der Waals surface area (Å²) < 4.78 is 5.57. The zero-order chi connectivity index (χ0) is 15.9. The molecular formula is C15H19Cl2N3O2S. The van der Waals surface area contributed by atoms with Crippen LogP contribution in [0.2, 0.25) is 5.02 Å². The number of hydrogen-bond donors (Lipinski definition) is 1. The van der Waals surface area contributed by atoms with Gasteiger partial charge in [-0.3, -0.25) is 4.79 Å². The second kappa shape index (κ2) is 9.72. The van der Waals surface area contributed by atoms with Crippen LogP contribution in [-0.2, 0) is 6.42 Å². The van der Waals surface area contributed by atoms with E-state index >= 15 is 0 Å². The van der Waals surface area contributed by atoms with E-state index in [9.17, 15) is 4.79 Å². The highest BCUT2D eigenvalue weighted by atomic mass is 35.5. The number of thiazole rings is 1. The van der Waals surface area contributed by atoms with Gasteiger partial charge in [-0.25, -0.2) is 4.98 Å². The van der Waals surface area contributed by atoms with Crippen LogP contribution in [0.4, 0.5) is 0 Å². The molecule has 0 aliphatic rings. The number of likely N-dealkylation sites (N-methyl/N-ethyl adjacent to an activating group) is 1. The van der Waals surface area contributed by atoms with Crippen LogP contribution >= 0.6 is 35.3 Å². The molecule has 0 fully saturated rings. The maximum atomic E-state index is 12.2. The molecule has 0 bridgehead atoms. The summed E-state index contributed by atoms with van der Waals surface area (Å²) in [4.78, 5) is 18.1. The van der Waals surface area contributed by atoms with Gasteiger partial charge in [0.05, 0.1) is 11.6 Å². The molecule has 126 valence electrons. The van der Waals surface area contributed by atoms with E-state index in [-0.39, 0.29) is 18.3 Å². The van der Waals surface area contributed by atoms with Gasteiger partial charge in [-0.05, 0) is 30.8 Å². The van der Waals surface area contributed by atoms with Crippen LogP contribution < -0.4 is 10.5 Å². The van der Waals surface area contributed by atoms with Gasteiger partial charge in [-0.2, -0.15) is 0 Å². The zero-order valence-corrected chi connectivity index (χ0v) is 15.1. The summed E-state index contributed by atoms with van der Waals surface area (Å²) in [5, 5.41) is 3.32. The van der Waals surface area contributed by atoms with Gasteiger partial charge in [0.1, 0.15) is 18.1 Å². The number of nitrogens with two attached hydrogens (primary N) is 1. The number of rotatable bonds is 7. The third-order valence-electron chi connectivity index (χ3n) is 2.98. The lowest BCUT2D eigenvalue weighted by atomic mass is 10.3. The van der Waals surface area contributed by atoms with Gasteiger partial charge in [0.15, 0.2) is 0 Å². The average molecular weight is 376 g/mol. The highest BCUT2D eigenvalue weighted by Gasteiger charge is 2.15. The highest BCUT2D eigenvalue weighted by molar-refractivity contribution is 7.09. The molecule has 1 aromatic heterocycles. The smallest absolute Gasteiger partial charge is 0.273 e. The normalized spacial score (nSPS) is 10.0. The monoisotopic (exact) mass is 375 g/mol. The van der Waals surface area contributed by atoms with E-state index in [4.69, 9.17) is 22.1 Å². The summed E-state index contributed by atoms with van der Waals surface area (Å²) in [5.74, 6) is 0.614. The molecular weight excluding hydrogens is 357 g/mol. The van der Waals surface area contributed by atoms with Gasteiger partial charge in [-0.15, -0.1) is 23.7 Å². The number of nitrogens with zero attached hydrogens (tertiary/aromatic N) is 2. The molecule has 0 aliphatic heterocycles. The van der Waals surface area contributed by atoms with Crippen molar-refractivity contribution in [3.8, 4) is 5.75 Å². The van der Waals surface area contributed by atoms with Crippen LogP contribution in [0.1, 0.15) is 15.5 Å². The summed E-state index contributed by atoms with van der Waals surface area (Å²) in [7, 11) is 1.73. The minimum atomic E-state index is -0.112. The average Bonchev–Trinajstić information content (AvgIpc) is 2.97. The van der Waals surface area contributed by atoms with Crippen molar-refractivity contribution in [2.45, 2.75) is 6.42 Å². The molecule has 2 rings (SSSR count). The summed E-state index contributed by atoms with van der Waals surface area (Å²) in [6.07, 6.45) is 0.696. The standard InChI is InChI=1S/C15H18ClN3O2S.ClH/c1-19(8-9-21-12-4-2-11(16)3-5-12)15(20)13-10-22-14(18-13)6-7-17;/h2-5,10H,6-9,17H2,1H3;1H. The number of carbonyl (C=O) groups excluding carboxylic acids is 1. The molecule has 0 saturated heterocycles. The van der Waals surface area contributed by atoms with Crippen LogP contribution in [-0.4, -0.2) is 42.5 Å². The number of hydrogen-bond acceptors (Lipinski definition) is 5. The zero-order valence-electron chi connectivity index (χ0n) is 12.7. The van der Waals surface area contributed by atoms with E-state index in [0.717, 1.165) is 10.8 Å². The molecule has 1 heterocycles. The Morgan fingerprint density at radius 3 is 2.74 bits per heavy atom. The Kier molecular flexibility index (Phi) is 8.33. The first kappa shape index (κ1) is 19.7. The highest BCUT2D eigenvalue weighted by Crippen LogP contribution is 2.15. The first-order valence-electron chi connectivity index (χ1n) is 6.88. The Labute approximate surface area is 150 Å². The lowest BCUT2D eigenvalue weighted by Crippen LogP contribution is -2.31. The fourth-order valence-electron chi connectivity index (χ4n) is 1.78. The van der Waals surface area contributed by atoms with Crippen LogP contribution in [0, 0.1) is 0 Å². The Balaban J connectivity index is 0.00000264. The van der Waals surface area contributed by atoms with E-state index in [0.29, 0.717) is 36.8 Å². The molecule has 1 amide bonds. The van der Waals surface area contributed by atoms with Crippen LogP contribution in [0.25, 0.3) is 0 Å². The number of ether oxygens (including phenoxy) is 1. The summed E-state index contributed by atoms with van der Waals surface area (Å²) in [6, 6.07) is 7.12. The molecule has 0 unspecified atom stereocenters. The molecule has 8 heteroatoms. The van der Waals surface area contributed by atoms with Crippen molar-refractivity contribution in [1.82, 2.24) is 9.88 Å². The number of amides is 1. The summed E-state index contributed by atoms with van der Waals surface area (Å²) in [6.45, 7) is 1.42. The lowest BCUT2D eigenvalue weighted by molar-refractivity contribution is 0.0768. The van der Waals surface area contributed by atoms with Crippen LogP contribution in [0.15, 0.2) is 29.6 Å². The van der Waals surface area contributed by atoms with Gasteiger partial charge >= 0.3 is 0 Å². The van der Waals surface area contributed by atoms with E-state index in [2.05, 4.69) is 4.98 Å². The summed E-state index contributed by atoms with van der Waals surface area (Å²) >= 11 is 7.27. The minimum Gasteiger partial charge on any atom is -0.492 e. The van der Waals surface area contributed by atoms with Gasteiger partial charge < -0.3 is 15.4 Å². The number of halogens is 2. The third-order valence-corrected chi connectivity index (χ3v) is 4.15. The Morgan fingerprint density at radius 1 is 1.39 bits per heavy atom. The Bertz CT molecular complexity index is 619. The lowest BCUT2D eigenvalue weighted by Gasteiger charge is -2.16. The van der Waals surface area contributed by atoms with Crippen molar-refractivity contribution in [2.75, 3.05) is 26.7 Å². The van der Waals surface area contributed by atoms with Crippen LogP contribution in [0.3, 0.4) is 0 Å². The maximum Gasteiger partial charge on any atom is 0.273 e. The first-order valence-corrected chi connectivity index (χ1v) is 8.14. The van der Waals surface area contributed by atoms with Crippen molar-refractivity contribution in [2.24, 2.45) is 5.73 Å².